The van der Waals surface area contributed by atoms with E-state index in [2.05, 4.69) is 35.0 Å². The summed E-state index contributed by atoms with van der Waals surface area (Å²) in [7, 11) is 0. The van der Waals surface area contributed by atoms with Crippen molar-refractivity contribution in [3.05, 3.63) is 61.8 Å². The number of piperazine rings is 1. The molecule has 1 aromatic heterocycles. The number of aryl methyl sites for hydroxylation is 1. The second-order valence-electron chi connectivity index (χ2n) is 8.43. The van der Waals surface area contributed by atoms with Crippen LogP contribution < -0.4 is 17.0 Å². The van der Waals surface area contributed by atoms with Crippen molar-refractivity contribution in [1.29, 1.82) is 0 Å². The number of nitrogens with one attached hydrogen (secondary N) is 1. The summed E-state index contributed by atoms with van der Waals surface area (Å²) < 4.78 is 1.28. The average molecular weight is 414 g/mol. The van der Waals surface area contributed by atoms with Crippen LogP contribution in [0.3, 0.4) is 0 Å². The van der Waals surface area contributed by atoms with Crippen LogP contribution in [0.5, 0.6) is 0 Å². The van der Waals surface area contributed by atoms with Crippen molar-refractivity contribution >= 4 is 11.6 Å². The van der Waals surface area contributed by atoms with Crippen LogP contribution in [-0.2, 0) is 13.1 Å². The van der Waals surface area contributed by atoms with E-state index in [0.717, 1.165) is 32.7 Å². The van der Waals surface area contributed by atoms with Gasteiger partial charge in [0.05, 0.1) is 6.54 Å². The molecule has 162 valence electrons. The third kappa shape index (κ3) is 5.06. The van der Waals surface area contributed by atoms with Crippen molar-refractivity contribution in [3.63, 3.8) is 0 Å². The molecule has 2 heterocycles. The lowest BCUT2D eigenvalue weighted by molar-refractivity contribution is 0.0842. The zero-order chi connectivity index (χ0) is 21.8. The summed E-state index contributed by atoms with van der Waals surface area (Å²) >= 11 is 0. The Labute approximate surface area is 176 Å². The molecule has 1 aromatic carbocycles. The number of nitrogens with two attached hydrogens (primary N) is 1. The quantitative estimate of drug-likeness (QED) is 0.659. The molecular weight excluding hydrogens is 382 g/mol. The lowest BCUT2D eigenvalue weighted by Gasteiger charge is -2.34. The number of nitrogens with zero attached hydrogens (tertiary/aromatic N) is 3. The molecule has 3 N–H and O–H groups in total. The lowest BCUT2D eigenvalue weighted by Crippen LogP contribution is -2.48. The van der Waals surface area contributed by atoms with Gasteiger partial charge in [0.1, 0.15) is 11.4 Å². The molecule has 3 rings (SSSR count). The lowest BCUT2D eigenvalue weighted by atomic mass is 10.1. The Bertz CT molecular complexity index is 1020. The monoisotopic (exact) mass is 413 g/mol. The van der Waals surface area contributed by atoms with E-state index in [-0.39, 0.29) is 29.6 Å². The van der Waals surface area contributed by atoms with E-state index in [0.29, 0.717) is 6.54 Å². The number of carbonyl (C=O) groups excluding carboxylic acids is 1. The molecule has 0 amide bonds. The molecule has 1 fully saturated rings. The molecule has 1 saturated heterocycles. The van der Waals surface area contributed by atoms with Crippen molar-refractivity contribution in [2.45, 2.75) is 33.9 Å². The van der Waals surface area contributed by atoms with Crippen molar-refractivity contribution < 1.29 is 4.79 Å². The van der Waals surface area contributed by atoms with Gasteiger partial charge in [-0.3, -0.25) is 28.9 Å². The maximum atomic E-state index is 12.9. The third-order valence-electron chi connectivity index (χ3n) is 5.55. The number of H-pyrrole nitrogens is 1. The number of aromatic nitrogens is 2. The maximum absolute atomic E-state index is 12.9. The van der Waals surface area contributed by atoms with Crippen molar-refractivity contribution in [2.24, 2.45) is 5.92 Å². The van der Waals surface area contributed by atoms with Crippen LogP contribution in [0.1, 0.15) is 35.3 Å². The molecule has 0 spiro atoms. The summed E-state index contributed by atoms with van der Waals surface area (Å²) in [5.74, 6) is -0.237. The van der Waals surface area contributed by atoms with Crippen LogP contribution in [0.15, 0.2) is 33.9 Å². The number of benzene rings is 1. The molecule has 0 atom stereocenters. The number of hydrogen-bond donors (Lipinski definition) is 2. The van der Waals surface area contributed by atoms with Crippen LogP contribution in [0, 0.1) is 12.8 Å². The fourth-order valence-electron chi connectivity index (χ4n) is 3.82. The minimum absolute atomic E-state index is 0.0411. The molecule has 0 radical (unpaired) electrons. The fourth-order valence-corrected chi connectivity index (χ4v) is 3.82. The number of carbonyl (C=O) groups is 1. The summed E-state index contributed by atoms with van der Waals surface area (Å²) in [6.45, 7) is 10.5. The number of aromatic amines is 1. The van der Waals surface area contributed by atoms with Gasteiger partial charge in [-0.1, -0.05) is 38.1 Å². The van der Waals surface area contributed by atoms with Gasteiger partial charge in [0, 0.05) is 39.3 Å². The first-order valence-electron chi connectivity index (χ1n) is 10.4. The SMILES string of the molecule is Cc1ccccc1CN1CCN(CC(=O)c2c(N)n(CC(C)C)c(=O)[nH]c2=O)CC1. The topological polar surface area (TPSA) is 104 Å². The van der Waals surface area contributed by atoms with Gasteiger partial charge in [0.2, 0.25) is 0 Å². The van der Waals surface area contributed by atoms with Crippen LogP contribution >= 0.6 is 0 Å². The molecule has 1 aliphatic heterocycles. The predicted molar refractivity (Wildman–Crippen MR) is 118 cm³/mol. The molecule has 0 aliphatic carbocycles. The number of Topliss-reactive ketones (excluding diaryl/α,β-unsaturated/α-hetero) is 1. The van der Waals surface area contributed by atoms with Gasteiger partial charge in [-0.15, -0.1) is 0 Å². The van der Waals surface area contributed by atoms with Gasteiger partial charge >= 0.3 is 5.69 Å². The second kappa shape index (κ2) is 9.40. The van der Waals surface area contributed by atoms with E-state index in [1.54, 1.807) is 0 Å². The number of rotatable bonds is 7. The largest absolute Gasteiger partial charge is 0.384 e. The van der Waals surface area contributed by atoms with Gasteiger partial charge in [0.25, 0.3) is 5.56 Å². The first-order valence-corrected chi connectivity index (χ1v) is 10.4. The fraction of sp³-hybridized carbons (Fsp3) is 0.500. The Balaban J connectivity index is 1.64. The van der Waals surface area contributed by atoms with E-state index in [1.165, 1.54) is 15.7 Å². The summed E-state index contributed by atoms with van der Waals surface area (Å²) in [4.78, 5) is 43.8. The van der Waals surface area contributed by atoms with Gasteiger partial charge in [-0.25, -0.2) is 4.79 Å². The molecule has 30 heavy (non-hydrogen) atoms. The summed E-state index contributed by atoms with van der Waals surface area (Å²) in [6, 6.07) is 8.36. The minimum atomic E-state index is -0.708. The van der Waals surface area contributed by atoms with E-state index < -0.39 is 11.2 Å². The van der Waals surface area contributed by atoms with Crippen LogP contribution in [-0.4, -0.2) is 57.9 Å². The van der Waals surface area contributed by atoms with Gasteiger partial charge in [0.15, 0.2) is 5.78 Å². The highest BCUT2D eigenvalue weighted by Gasteiger charge is 2.24. The Morgan fingerprint density at radius 2 is 1.73 bits per heavy atom. The van der Waals surface area contributed by atoms with Gasteiger partial charge in [-0.2, -0.15) is 0 Å². The molecule has 2 aromatic rings. The molecule has 0 saturated carbocycles. The first-order chi connectivity index (χ1) is 14.3. The molecular formula is C22H31N5O3. The van der Waals surface area contributed by atoms with Crippen LogP contribution in [0.2, 0.25) is 0 Å². The Hall–Kier alpha value is -2.71. The number of nitrogen functional groups attached to an aromatic ring is 1. The van der Waals surface area contributed by atoms with Gasteiger partial charge in [-0.05, 0) is 24.0 Å². The minimum Gasteiger partial charge on any atom is -0.384 e. The first kappa shape index (κ1) is 22.0. The van der Waals surface area contributed by atoms with E-state index in [9.17, 15) is 14.4 Å². The third-order valence-corrected chi connectivity index (χ3v) is 5.55. The van der Waals surface area contributed by atoms with Crippen molar-refractivity contribution in [2.75, 3.05) is 38.5 Å². The summed E-state index contributed by atoms with van der Waals surface area (Å²) in [6.07, 6.45) is 0. The maximum Gasteiger partial charge on any atom is 0.329 e. The molecule has 0 unspecified atom stereocenters. The zero-order valence-corrected chi connectivity index (χ0v) is 18.0. The molecule has 8 nitrogen and oxygen atoms in total. The summed E-state index contributed by atoms with van der Waals surface area (Å²) in [5.41, 5.74) is 7.25. The Morgan fingerprint density at radius 3 is 2.37 bits per heavy atom. The smallest absolute Gasteiger partial charge is 0.329 e. The van der Waals surface area contributed by atoms with Gasteiger partial charge < -0.3 is 5.73 Å². The zero-order valence-electron chi connectivity index (χ0n) is 18.0. The second-order valence-corrected chi connectivity index (χ2v) is 8.43. The average Bonchev–Trinajstić information content (AvgIpc) is 2.68. The highest BCUT2D eigenvalue weighted by Crippen LogP contribution is 2.14. The summed E-state index contributed by atoms with van der Waals surface area (Å²) in [5, 5.41) is 0. The van der Waals surface area contributed by atoms with Crippen molar-refractivity contribution in [1.82, 2.24) is 19.4 Å². The Kier molecular flexibility index (Phi) is 6.89. The van der Waals surface area contributed by atoms with E-state index in [1.807, 2.05) is 24.8 Å². The van der Waals surface area contributed by atoms with Crippen LogP contribution in [0.25, 0.3) is 0 Å². The number of anilines is 1. The standard InChI is InChI=1S/C22H31N5O3/c1-15(2)12-27-20(23)19(21(29)24-22(27)30)18(28)14-26-10-8-25(9-11-26)13-17-7-5-4-6-16(17)3/h4-7,15H,8-14,23H2,1-3H3,(H,24,29,30). The predicted octanol–water partition coefficient (Wildman–Crippen LogP) is 1.08. The molecule has 8 heteroatoms. The normalized spacial score (nSPS) is 15.6. The van der Waals surface area contributed by atoms with Crippen molar-refractivity contribution in [3.8, 4) is 0 Å². The Morgan fingerprint density at radius 1 is 1.10 bits per heavy atom. The molecule has 1 aliphatic rings. The van der Waals surface area contributed by atoms with Crippen LogP contribution in [0.4, 0.5) is 5.82 Å². The molecule has 0 bridgehead atoms. The van der Waals surface area contributed by atoms with E-state index in [4.69, 9.17) is 5.73 Å². The highest BCUT2D eigenvalue weighted by molar-refractivity contribution is 6.01. The highest BCUT2D eigenvalue weighted by atomic mass is 16.2. The van der Waals surface area contributed by atoms with E-state index >= 15 is 0 Å². The number of hydrogen-bond acceptors (Lipinski definition) is 6. The number of ketones is 1.